The number of amides is 1. The Hall–Kier alpha value is -0.570. The molecule has 82 valence electrons. The Morgan fingerprint density at radius 2 is 2.14 bits per heavy atom. The second-order valence-electron chi connectivity index (χ2n) is 4.12. The smallest absolute Gasteiger partial charge is 0.246 e. The Balaban J connectivity index is 2.15. The molecule has 1 amide bonds. The molecule has 0 aromatic rings. The molecule has 0 bridgehead atoms. The molecule has 1 fully saturated rings. The third-order valence-electron chi connectivity index (χ3n) is 3.26. The summed E-state index contributed by atoms with van der Waals surface area (Å²) >= 11 is 0. The molecule has 1 saturated carbocycles. The third-order valence-corrected chi connectivity index (χ3v) is 3.26. The van der Waals surface area contributed by atoms with Crippen molar-refractivity contribution < 1.29 is 9.53 Å². The predicted molar refractivity (Wildman–Crippen MR) is 56.1 cm³/mol. The lowest BCUT2D eigenvalue weighted by atomic mass is 9.67. The van der Waals surface area contributed by atoms with Crippen LogP contribution in [-0.2, 0) is 9.53 Å². The molecule has 3 heteroatoms. The second kappa shape index (κ2) is 5.35. The van der Waals surface area contributed by atoms with Crippen molar-refractivity contribution in [1.29, 1.82) is 0 Å². The van der Waals surface area contributed by atoms with Crippen LogP contribution in [0.4, 0.5) is 0 Å². The zero-order valence-electron chi connectivity index (χ0n) is 9.27. The highest BCUT2D eigenvalue weighted by Gasteiger charge is 2.34. The molecule has 14 heavy (non-hydrogen) atoms. The van der Waals surface area contributed by atoms with Gasteiger partial charge in [-0.3, -0.25) is 4.79 Å². The summed E-state index contributed by atoms with van der Waals surface area (Å²) < 4.78 is 5.03. The van der Waals surface area contributed by atoms with Gasteiger partial charge in [0.25, 0.3) is 0 Å². The molecule has 0 unspecified atom stereocenters. The maximum absolute atomic E-state index is 11.3. The second-order valence-corrected chi connectivity index (χ2v) is 4.12. The first-order chi connectivity index (χ1) is 6.72. The van der Waals surface area contributed by atoms with Crippen LogP contribution < -0.4 is 5.32 Å². The SMILES string of the molecule is CCOCC(=O)NCC1(CC)CCC1. The summed E-state index contributed by atoms with van der Waals surface area (Å²) in [6, 6.07) is 0. The summed E-state index contributed by atoms with van der Waals surface area (Å²) in [6.07, 6.45) is 5.01. The zero-order chi connectivity index (χ0) is 10.4. The average Bonchev–Trinajstić information content (AvgIpc) is 2.14. The van der Waals surface area contributed by atoms with Crippen molar-refractivity contribution in [1.82, 2.24) is 5.32 Å². The van der Waals surface area contributed by atoms with E-state index in [1.54, 1.807) is 0 Å². The van der Waals surface area contributed by atoms with Gasteiger partial charge < -0.3 is 10.1 Å². The van der Waals surface area contributed by atoms with Crippen molar-refractivity contribution >= 4 is 5.91 Å². The van der Waals surface area contributed by atoms with Crippen molar-refractivity contribution in [2.75, 3.05) is 19.8 Å². The quantitative estimate of drug-likeness (QED) is 0.707. The van der Waals surface area contributed by atoms with Crippen molar-refractivity contribution in [2.24, 2.45) is 5.41 Å². The van der Waals surface area contributed by atoms with Gasteiger partial charge in [0.2, 0.25) is 5.91 Å². The Labute approximate surface area is 86.2 Å². The molecule has 1 rings (SSSR count). The first-order valence-corrected chi connectivity index (χ1v) is 5.57. The number of ether oxygens (including phenoxy) is 1. The van der Waals surface area contributed by atoms with Gasteiger partial charge in [-0.25, -0.2) is 0 Å². The summed E-state index contributed by atoms with van der Waals surface area (Å²) in [5, 5.41) is 2.95. The van der Waals surface area contributed by atoms with Crippen molar-refractivity contribution in [3.63, 3.8) is 0 Å². The van der Waals surface area contributed by atoms with E-state index in [0.29, 0.717) is 12.0 Å². The number of carbonyl (C=O) groups is 1. The number of carbonyl (C=O) groups excluding carboxylic acids is 1. The molecule has 0 aromatic carbocycles. The highest BCUT2D eigenvalue weighted by molar-refractivity contribution is 5.77. The Bertz CT molecular complexity index is 182. The molecule has 3 nitrogen and oxygen atoms in total. The van der Waals surface area contributed by atoms with Gasteiger partial charge in [0.1, 0.15) is 6.61 Å². The van der Waals surface area contributed by atoms with Gasteiger partial charge in [-0.1, -0.05) is 13.3 Å². The molecule has 0 heterocycles. The Morgan fingerprint density at radius 3 is 2.57 bits per heavy atom. The van der Waals surface area contributed by atoms with Gasteiger partial charge in [0.05, 0.1) is 0 Å². The van der Waals surface area contributed by atoms with E-state index < -0.39 is 0 Å². The van der Waals surface area contributed by atoms with E-state index in [2.05, 4.69) is 12.2 Å². The number of nitrogens with one attached hydrogen (secondary N) is 1. The lowest BCUT2D eigenvalue weighted by molar-refractivity contribution is -0.126. The molecular weight excluding hydrogens is 178 g/mol. The standard InChI is InChI=1S/C11H21NO2/c1-3-11(6-5-7-11)9-12-10(13)8-14-4-2/h3-9H2,1-2H3,(H,12,13). The van der Waals surface area contributed by atoms with Crippen molar-refractivity contribution in [3.8, 4) is 0 Å². The monoisotopic (exact) mass is 199 g/mol. The number of rotatable bonds is 6. The van der Waals surface area contributed by atoms with Crippen LogP contribution in [0.1, 0.15) is 39.5 Å². The van der Waals surface area contributed by atoms with Crippen LogP contribution in [0.3, 0.4) is 0 Å². The summed E-state index contributed by atoms with van der Waals surface area (Å²) in [7, 11) is 0. The zero-order valence-corrected chi connectivity index (χ0v) is 9.27. The minimum Gasteiger partial charge on any atom is -0.372 e. The maximum atomic E-state index is 11.3. The number of hydrogen-bond donors (Lipinski definition) is 1. The minimum atomic E-state index is 0.0200. The van der Waals surface area contributed by atoms with E-state index in [-0.39, 0.29) is 12.5 Å². The molecule has 0 atom stereocenters. The number of hydrogen-bond acceptors (Lipinski definition) is 2. The topological polar surface area (TPSA) is 38.3 Å². The molecule has 0 aromatic heterocycles. The summed E-state index contributed by atoms with van der Waals surface area (Å²) in [6.45, 7) is 5.73. The lowest BCUT2D eigenvalue weighted by Crippen LogP contribution is -2.42. The third kappa shape index (κ3) is 2.98. The first-order valence-electron chi connectivity index (χ1n) is 5.57. The van der Waals surface area contributed by atoms with E-state index in [0.717, 1.165) is 6.54 Å². The van der Waals surface area contributed by atoms with Crippen molar-refractivity contribution in [2.45, 2.75) is 39.5 Å². The van der Waals surface area contributed by atoms with Gasteiger partial charge >= 0.3 is 0 Å². The molecular formula is C11H21NO2. The van der Waals surface area contributed by atoms with Crippen LogP contribution in [0.2, 0.25) is 0 Å². The summed E-state index contributed by atoms with van der Waals surface area (Å²) in [5.74, 6) is 0.0200. The fraction of sp³-hybridized carbons (Fsp3) is 0.909. The molecule has 1 aliphatic carbocycles. The predicted octanol–water partition coefficient (Wildman–Crippen LogP) is 1.72. The van der Waals surface area contributed by atoms with E-state index in [1.807, 2.05) is 6.92 Å². The molecule has 0 radical (unpaired) electrons. The molecule has 1 aliphatic rings. The molecule has 1 N–H and O–H groups in total. The molecule has 0 spiro atoms. The van der Waals surface area contributed by atoms with Gasteiger partial charge in [-0.2, -0.15) is 0 Å². The van der Waals surface area contributed by atoms with Crippen LogP contribution in [0.15, 0.2) is 0 Å². The Morgan fingerprint density at radius 1 is 1.43 bits per heavy atom. The average molecular weight is 199 g/mol. The van der Waals surface area contributed by atoms with Crippen LogP contribution >= 0.6 is 0 Å². The normalized spacial score (nSPS) is 18.7. The minimum absolute atomic E-state index is 0.0200. The van der Waals surface area contributed by atoms with Gasteiger partial charge in [-0.05, 0) is 31.6 Å². The van der Waals surface area contributed by atoms with Crippen molar-refractivity contribution in [3.05, 3.63) is 0 Å². The summed E-state index contributed by atoms with van der Waals surface area (Å²) in [5.41, 5.74) is 0.405. The largest absolute Gasteiger partial charge is 0.372 e. The molecule has 0 saturated heterocycles. The van der Waals surface area contributed by atoms with E-state index in [4.69, 9.17) is 4.74 Å². The van der Waals surface area contributed by atoms with E-state index in [1.165, 1.54) is 25.7 Å². The summed E-state index contributed by atoms with van der Waals surface area (Å²) in [4.78, 5) is 11.3. The highest BCUT2D eigenvalue weighted by atomic mass is 16.5. The fourth-order valence-corrected chi connectivity index (χ4v) is 1.86. The maximum Gasteiger partial charge on any atom is 0.246 e. The van der Waals surface area contributed by atoms with Gasteiger partial charge in [0.15, 0.2) is 0 Å². The van der Waals surface area contributed by atoms with Crippen LogP contribution in [-0.4, -0.2) is 25.7 Å². The fourth-order valence-electron chi connectivity index (χ4n) is 1.86. The van der Waals surface area contributed by atoms with Crippen LogP contribution in [0.25, 0.3) is 0 Å². The highest BCUT2D eigenvalue weighted by Crippen LogP contribution is 2.42. The first kappa shape index (κ1) is 11.5. The Kier molecular flexibility index (Phi) is 4.39. The van der Waals surface area contributed by atoms with Crippen LogP contribution in [0, 0.1) is 5.41 Å². The molecule has 0 aliphatic heterocycles. The van der Waals surface area contributed by atoms with Gasteiger partial charge in [0, 0.05) is 13.2 Å². The van der Waals surface area contributed by atoms with Crippen LogP contribution in [0.5, 0.6) is 0 Å². The van der Waals surface area contributed by atoms with Gasteiger partial charge in [-0.15, -0.1) is 0 Å². The lowest BCUT2D eigenvalue weighted by Gasteiger charge is -2.41. The van der Waals surface area contributed by atoms with E-state index in [9.17, 15) is 4.79 Å². The van der Waals surface area contributed by atoms with E-state index >= 15 is 0 Å².